The average Bonchev–Trinajstić information content (AvgIpc) is 2.62. The number of amides is 1. The Bertz CT molecular complexity index is 457. The first kappa shape index (κ1) is 11.4. The minimum atomic E-state index is 0.0511. The number of rotatable bonds is 3. The number of fused-ring (bicyclic) bond motifs is 2. The van der Waals surface area contributed by atoms with Gasteiger partial charge in [-0.15, -0.1) is 0 Å². The van der Waals surface area contributed by atoms with Gasteiger partial charge in [-0.05, 0) is 31.4 Å². The van der Waals surface area contributed by atoms with E-state index >= 15 is 0 Å². The van der Waals surface area contributed by atoms with Crippen molar-refractivity contribution in [2.24, 2.45) is 0 Å². The Morgan fingerprint density at radius 2 is 2.44 bits per heavy atom. The molecule has 0 spiro atoms. The zero-order valence-electron chi connectivity index (χ0n) is 10.2. The first-order valence-corrected chi connectivity index (χ1v) is 6.45. The first-order chi connectivity index (χ1) is 8.83. The lowest BCUT2D eigenvalue weighted by Gasteiger charge is -2.30. The Morgan fingerprint density at radius 1 is 1.50 bits per heavy atom. The molecule has 1 amide bonds. The molecular weight excluding hydrogens is 226 g/mol. The van der Waals surface area contributed by atoms with Gasteiger partial charge in [0.25, 0.3) is 0 Å². The van der Waals surface area contributed by atoms with E-state index in [0.717, 1.165) is 12.1 Å². The zero-order chi connectivity index (χ0) is 12.4. The molecule has 2 atom stereocenters. The van der Waals surface area contributed by atoms with Crippen molar-refractivity contribution >= 4 is 11.6 Å². The molecule has 4 heteroatoms. The van der Waals surface area contributed by atoms with Crippen molar-refractivity contribution in [1.29, 1.82) is 0 Å². The second-order valence-corrected chi connectivity index (χ2v) is 4.92. The van der Waals surface area contributed by atoms with Gasteiger partial charge in [-0.3, -0.25) is 14.7 Å². The third-order valence-corrected chi connectivity index (χ3v) is 3.73. The Hall–Kier alpha value is -1.68. The molecule has 18 heavy (non-hydrogen) atoms. The molecule has 1 aromatic rings. The van der Waals surface area contributed by atoms with Gasteiger partial charge in [-0.2, -0.15) is 0 Å². The Labute approximate surface area is 107 Å². The molecule has 4 nitrogen and oxygen atoms in total. The van der Waals surface area contributed by atoms with Crippen LogP contribution in [0, 0.1) is 0 Å². The molecule has 3 heterocycles. The number of carbonyl (C=O) groups excluding carboxylic acids is 1. The van der Waals surface area contributed by atoms with Crippen LogP contribution in [0.15, 0.2) is 36.7 Å². The van der Waals surface area contributed by atoms with Crippen LogP contribution in [0.3, 0.4) is 0 Å². The number of anilines is 1. The Morgan fingerprint density at radius 3 is 3.22 bits per heavy atom. The molecule has 2 bridgehead atoms. The predicted octanol–water partition coefficient (Wildman–Crippen LogP) is 1.81. The van der Waals surface area contributed by atoms with Gasteiger partial charge in [0.05, 0.1) is 18.4 Å². The van der Waals surface area contributed by atoms with Crippen LogP contribution < -0.4 is 5.32 Å². The molecule has 0 aliphatic carbocycles. The third-order valence-electron chi connectivity index (χ3n) is 3.73. The minimum Gasteiger partial charge on any atom is -0.324 e. The second kappa shape index (κ2) is 4.90. The highest BCUT2D eigenvalue weighted by Crippen LogP contribution is 2.30. The molecule has 2 aliphatic rings. The van der Waals surface area contributed by atoms with Gasteiger partial charge in [-0.25, -0.2) is 0 Å². The molecule has 1 fully saturated rings. The molecule has 1 aromatic heterocycles. The number of carbonyl (C=O) groups is 1. The summed E-state index contributed by atoms with van der Waals surface area (Å²) in [6.07, 6.45) is 11.3. The summed E-state index contributed by atoms with van der Waals surface area (Å²) in [5.74, 6) is 0.0511. The molecular formula is C14H17N3O. The first-order valence-electron chi connectivity index (χ1n) is 6.45. The van der Waals surface area contributed by atoms with E-state index in [9.17, 15) is 4.79 Å². The van der Waals surface area contributed by atoms with Gasteiger partial charge in [0.1, 0.15) is 0 Å². The number of nitrogens with one attached hydrogen (secondary N) is 1. The summed E-state index contributed by atoms with van der Waals surface area (Å²) in [6.45, 7) is 0.481. The van der Waals surface area contributed by atoms with Gasteiger partial charge in [0, 0.05) is 18.3 Å². The van der Waals surface area contributed by atoms with Crippen LogP contribution >= 0.6 is 0 Å². The number of pyridine rings is 1. The average molecular weight is 243 g/mol. The SMILES string of the molecule is O=C(CN1C2C=CCC1CC2)Nc1cccnc1. The molecule has 1 saturated heterocycles. The van der Waals surface area contributed by atoms with E-state index in [2.05, 4.69) is 27.4 Å². The van der Waals surface area contributed by atoms with Crippen LogP contribution in [0.5, 0.6) is 0 Å². The minimum absolute atomic E-state index is 0.0511. The zero-order valence-corrected chi connectivity index (χ0v) is 10.2. The second-order valence-electron chi connectivity index (χ2n) is 4.92. The van der Waals surface area contributed by atoms with Crippen LogP contribution in [0.25, 0.3) is 0 Å². The van der Waals surface area contributed by atoms with Crippen molar-refractivity contribution in [1.82, 2.24) is 9.88 Å². The quantitative estimate of drug-likeness (QED) is 0.824. The fourth-order valence-electron chi connectivity index (χ4n) is 2.87. The van der Waals surface area contributed by atoms with Crippen LogP contribution in [0.1, 0.15) is 19.3 Å². The van der Waals surface area contributed by atoms with Gasteiger partial charge in [-0.1, -0.05) is 12.2 Å². The summed E-state index contributed by atoms with van der Waals surface area (Å²) in [6, 6.07) is 4.70. The van der Waals surface area contributed by atoms with Gasteiger partial charge >= 0.3 is 0 Å². The lowest BCUT2D eigenvalue weighted by molar-refractivity contribution is -0.117. The number of hydrogen-bond donors (Lipinski definition) is 1. The van der Waals surface area contributed by atoms with E-state index in [0.29, 0.717) is 18.6 Å². The van der Waals surface area contributed by atoms with E-state index in [1.165, 1.54) is 12.8 Å². The highest BCUT2D eigenvalue weighted by atomic mass is 16.2. The van der Waals surface area contributed by atoms with Crippen molar-refractivity contribution in [3.63, 3.8) is 0 Å². The lowest BCUT2D eigenvalue weighted by Crippen LogP contribution is -2.42. The van der Waals surface area contributed by atoms with Crippen LogP contribution in [-0.2, 0) is 4.79 Å². The summed E-state index contributed by atoms with van der Waals surface area (Å²) in [7, 11) is 0. The van der Waals surface area contributed by atoms with Crippen molar-refractivity contribution in [3.8, 4) is 0 Å². The maximum atomic E-state index is 12.0. The molecule has 0 aromatic carbocycles. The van der Waals surface area contributed by atoms with E-state index < -0.39 is 0 Å². The normalized spacial score (nSPS) is 26.2. The van der Waals surface area contributed by atoms with Crippen molar-refractivity contribution in [2.75, 3.05) is 11.9 Å². The Kier molecular flexibility index (Phi) is 3.11. The molecule has 2 unspecified atom stereocenters. The highest BCUT2D eigenvalue weighted by Gasteiger charge is 2.34. The van der Waals surface area contributed by atoms with Crippen LogP contribution in [0.2, 0.25) is 0 Å². The fraction of sp³-hybridized carbons (Fsp3) is 0.429. The molecule has 3 rings (SSSR count). The summed E-state index contributed by atoms with van der Waals surface area (Å²) in [4.78, 5) is 18.3. The summed E-state index contributed by atoms with van der Waals surface area (Å²) in [5, 5.41) is 2.89. The number of aromatic nitrogens is 1. The largest absolute Gasteiger partial charge is 0.324 e. The molecule has 94 valence electrons. The van der Waals surface area contributed by atoms with Crippen molar-refractivity contribution in [2.45, 2.75) is 31.3 Å². The molecule has 0 radical (unpaired) electrons. The van der Waals surface area contributed by atoms with E-state index in [-0.39, 0.29) is 5.91 Å². The molecule has 1 N–H and O–H groups in total. The van der Waals surface area contributed by atoms with Crippen molar-refractivity contribution < 1.29 is 4.79 Å². The van der Waals surface area contributed by atoms with Gasteiger partial charge in [0.15, 0.2) is 0 Å². The highest BCUT2D eigenvalue weighted by molar-refractivity contribution is 5.92. The third kappa shape index (κ3) is 2.29. The fourth-order valence-corrected chi connectivity index (χ4v) is 2.87. The van der Waals surface area contributed by atoms with Crippen LogP contribution in [-0.4, -0.2) is 34.4 Å². The maximum absolute atomic E-state index is 12.0. The summed E-state index contributed by atoms with van der Waals surface area (Å²) in [5.41, 5.74) is 0.766. The van der Waals surface area contributed by atoms with E-state index in [1.54, 1.807) is 12.4 Å². The van der Waals surface area contributed by atoms with E-state index in [1.807, 2.05) is 12.1 Å². The lowest BCUT2D eigenvalue weighted by atomic mass is 10.1. The van der Waals surface area contributed by atoms with Crippen molar-refractivity contribution in [3.05, 3.63) is 36.7 Å². The topological polar surface area (TPSA) is 45.2 Å². The number of nitrogens with zero attached hydrogens (tertiary/aromatic N) is 2. The summed E-state index contributed by atoms with van der Waals surface area (Å²) < 4.78 is 0. The standard InChI is InChI=1S/C14H17N3O/c18-14(16-11-3-2-8-15-9-11)10-17-12-4-1-5-13(17)7-6-12/h1-4,8-9,12-13H,5-7,10H2,(H,16,18). The molecule has 2 aliphatic heterocycles. The van der Waals surface area contributed by atoms with Crippen LogP contribution in [0.4, 0.5) is 5.69 Å². The smallest absolute Gasteiger partial charge is 0.238 e. The monoisotopic (exact) mass is 243 g/mol. The van der Waals surface area contributed by atoms with E-state index in [4.69, 9.17) is 0 Å². The number of hydrogen-bond acceptors (Lipinski definition) is 3. The summed E-state index contributed by atoms with van der Waals surface area (Å²) >= 11 is 0. The molecule has 0 saturated carbocycles. The Balaban J connectivity index is 1.60. The maximum Gasteiger partial charge on any atom is 0.238 e. The predicted molar refractivity (Wildman–Crippen MR) is 70.1 cm³/mol. The van der Waals surface area contributed by atoms with Gasteiger partial charge in [0.2, 0.25) is 5.91 Å². The van der Waals surface area contributed by atoms with Gasteiger partial charge < -0.3 is 5.32 Å².